The van der Waals surface area contributed by atoms with E-state index >= 15 is 0 Å². The number of aromatic nitrogens is 1. The molecule has 1 aliphatic heterocycles. The van der Waals surface area contributed by atoms with Gasteiger partial charge in [-0.2, -0.15) is 0 Å². The third kappa shape index (κ3) is 4.20. The van der Waals surface area contributed by atoms with E-state index in [1.807, 2.05) is 11.0 Å². The highest BCUT2D eigenvalue weighted by molar-refractivity contribution is 6.04. The van der Waals surface area contributed by atoms with Crippen molar-refractivity contribution >= 4 is 23.8 Å². The Morgan fingerprint density at radius 3 is 2.64 bits per heavy atom. The summed E-state index contributed by atoms with van der Waals surface area (Å²) >= 11 is 0. The van der Waals surface area contributed by atoms with Crippen LogP contribution in [-0.2, 0) is 11.3 Å². The minimum Gasteiger partial charge on any atom is -0.396 e. The molecule has 2 heterocycles. The van der Waals surface area contributed by atoms with E-state index in [4.69, 9.17) is 16.9 Å². The fourth-order valence-electron chi connectivity index (χ4n) is 3.32. The van der Waals surface area contributed by atoms with Crippen LogP contribution in [0.15, 0.2) is 29.3 Å². The molecule has 1 aromatic carbocycles. The Balaban J connectivity index is 1.87. The maximum Gasteiger partial charge on any atom is 0.219 e. The smallest absolute Gasteiger partial charge is 0.219 e. The standard InChI is InChI=1S/C19H24FN7O/c1-12(28)27-6-4-26(5-7-27)10-14-9-15(18(25-14)19(23)24-11-21)13-2-3-17(22)16(20)8-13/h2-3,8-9,11,25H,4-7,10,22H2,1H3,(H3,21,23,24). The van der Waals surface area contributed by atoms with Gasteiger partial charge in [0.05, 0.1) is 11.4 Å². The third-order valence-corrected chi connectivity index (χ3v) is 4.86. The lowest BCUT2D eigenvalue weighted by molar-refractivity contribution is -0.130. The maximum absolute atomic E-state index is 14.0. The topological polar surface area (TPSA) is 128 Å². The number of aromatic amines is 1. The van der Waals surface area contributed by atoms with E-state index in [1.165, 1.54) is 12.1 Å². The number of nitrogens with zero attached hydrogens (tertiary/aromatic N) is 3. The average Bonchev–Trinajstić information content (AvgIpc) is 3.08. The highest BCUT2D eigenvalue weighted by atomic mass is 19.1. The summed E-state index contributed by atoms with van der Waals surface area (Å²) < 4.78 is 14.0. The molecule has 0 saturated carbocycles. The van der Waals surface area contributed by atoms with Gasteiger partial charge in [0.25, 0.3) is 0 Å². The van der Waals surface area contributed by atoms with Crippen LogP contribution < -0.4 is 11.5 Å². The molecule has 6 N–H and O–H groups in total. The molecule has 1 fully saturated rings. The fraction of sp³-hybridized carbons (Fsp3) is 0.316. The average molecular weight is 385 g/mol. The lowest BCUT2D eigenvalue weighted by Gasteiger charge is -2.33. The molecule has 1 aromatic heterocycles. The normalized spacial score (nSPS) is 15.6. The van der Waals surface area contributed by atoms with Gasteiger partial charge in [-0.1, -0.05) is 6.07 Å². The summed E-state index contributed by atoms with van der Waals surface area (Å²) in [4.78, 5) is 22.6. The molecule has 1 saturated heterocycles. The number of piperazine rings is 1. The number of rotatable bonds is 5. The monoisotopic (exact) mass is 385 g/mol. The van der Waals surface area contributed by atoms with Gasteiger partial charge < -0.3 is 21.4 Å². The van der Waals surface area contributed by atoms with Gasteiger partial charge >= 0.3 is 0 Å². The quantitative estimate of drug-likeness (QED) is 0.352. The molecule has 9 heteroatoms. The molecule has 0 aliphatic carbocycles. The third-order valence-electron chi connectivity index (χ3n) is 4.86. The second-order valence-corrected chi connectivity index (χ2v) is 6.75. The Morgan fingerprint density at radius 1 is 1.32 bits per heavy atom. The van der Waals surface area contributed by atoms with Crippen molar-refractivity contribution in [3.8, 4) is 11.1 Å². The zero-order valence-corrected chi connectivity index (χ0v) is 15.7. The summed E-state index contributed by atoms with van der Waals surface area (Å²) in [5, 5.41) is 7.16. The summed E-state index contributed by atoms with van der Waals surface area (Å²) in [5.74, 6) is -0.269. The van der Waals surface area contributed by atoms with Crippen LogP contribution in [-0.4, -0.2) is 59.0 Å². The Morgan fingerprint density at radius 2 is 2.04 bits per heavy atom. The van der Waals surface area contributed by atoms with Crippen molar-refractivity contribution < 1.29 is 9.18 Å². The number of hydrogen-bond donors (Lipinski definition) is 4. The van der Waals surface area contributed by atoms with E-state index < -0.39 is 5.82 Å². The second kappa shape index (κ2) is 8.22. The summed E-state index contributed by atoms with van der Waals surface area (Å²) in [6.07, 6.45) is 0.865. The molecule has 2 aromatic rings. The fourth-order valence-corrected chi connectivity index (χ4v) is 3.32. The number of benzene rings is 1. The molecule has 0 bridgehead atoms. The van der Waals surface area contributed by atoms with Crippen molar-refractivity contribution in [1.29, 1.82) is 5.41 Å². The molecular weight excluding hydrogens is 361 g/mol. The van der Waals surface area contributed by atoms with E-state index in [-0.39, 0.29) is 17.4 Å². The molecule has 3 rings (SSSR count). The molecule has 0 spiro atoms. The zero-order valence-electron chi connectivity index (χ0n) is 15.7. The van der Waals surface area contributed by atoms with Crippen LogP contribution in [0.2, 0.25) is 0 Å². The van der Waals surface area contributed by atoms with Gasteiger partial charge in [0.2, 0.25) is 5.91 Å². The number of nitrogens with two attached hydrogens (primary N) is 2. The van der Waals surface area contributed by atoms with Crippen LogP contribution >= 0.6 is 0 Å². The first-order chi connectivity index (χ1) is 13.4. The zero-order chi connectivity index (χ0) is 20.3. The van der Waals surface area contributed by atoms with E-state index in [0.29, 0.717) is 36.5 Å². The molecular formula is C19H24FN7O. The maximum atomic E-state index is 14.0. The molecule has 0 radical (unpaired) electrons. The van der Waals surface area contributed by atoms with E-state index in [9.17, 15) is 9.18 Å². The molecule has 8 nitrogen and oxygen atoms in total. The molecule has 0 atom stereocenters. The van der Waals surface area contributed by atoms with E-state index in [1.54, 1.807) is 13.0 Å². The number of carbonyl (C=O) groups excluding carboxylic acids is 1. The largest absolute Gasteiger partial charge is 0.396 e. The van der Waals surface area contributed by atoms with Gasteiger partial charge in [-0.05, 0) is 23.8 Å². The van der Waals surface area contributed by atoms with Crippen molar-refractivity contribution in [3.05, 3.63) is 41.5 Å². The minimum absolute atomic E-state index is 0.0746. The van der Waals surface area contributed by atoms with E-state index in [0.717, 1.165) is 25.1 Å². The van der Waals surface area contributed by atoms with Crippen LogP contribution in [0.4, 0.5) is 10.1 Å². The second-order valence-electron chi connectivity index (χ2n) is 6.75. The first kappa shape index (κ1) is 19.6. The summed E-state index contributed by atoms with van der Waals surface area (Å²) in [5.41, 5.74) is 14.4. The number of halogens is 1. The number of carbonyl (C=O) groups is 1. The Labute approximate surface area is 162 Å². The van der Waals surface area contributed by atoms with Crippen molar-refractivity contribution in [2.45, 2.75) is 13.5 Å². The Bertz CT molecular complexity index is 913. The number of hydrogen-bond acceptors (Lipinski definition) is 4. The van der Waals surface area contributed by atoms with Crippen molar-refractivity contribution in [2.24, 2.45) is 10.7 Å². The van der Waals surface area contributed by atoms with Crippen molar-refractivity contribution in [1.82, 2.24) is 14.8 Å². The van der Waals surface area contributed by atoms with Gasteiger partial charge in [0.15, 0.2) is 0 Å². The van der Waals surface area contributed by atoms with Gasteiger partial charge in [0.1, 0.15) is 18.0 Å². The number of aliphatic imine (C=N–C) groups is 1. The highest BCUT2D eigenvalue weighted by Gasteiger charge is 2.21. The lowest BCUT2D eigenvalue weighted by Crippen LogP contribution is -2.47. The van der Waals surface area contributed by atoms with Crippen LogP contribution in [0.25, 0.3) is 11.1 Å². The number of nitrogen functional groups attached to an aromatic ring is 1. The van der Waals surface area contributed by atoms with Gasteiger partial charge in [-0.25, -0.2) is 9.38 Å². The van der Waals surface area contributed by atoms with Gasteiger partial charge in [-0.3, -0.25) is 15.1 Å². The van der Waals surface area contributed by atoms with Gasteiger partial charge in [0, 0.05) is 50.9 Å². The van der Waals surface area contributed by atoms with E-state index in [2.05, 4.69) is 14.9 Å². The SMILES string of the molecule is CC(=O)N1CCN(Cc2cc(-c3ccc(N)c(F)c3)c(C(N)=NC=N)[nH]2)CC1. The molecule has 1 amide bonds. The predicted octanol–water partition coefficient (Wildman–Crippen LogP) is 1.38. The number of amides is 1. The molecule has 1 aliphatic rings. The Kier molecular flexibility index (Phi) is 5.74. The first-order valence-electron chi connectivity index (χ1n) is 8.96. The van der Waals surface area contributed by atoms with Crippen LogP contribution in [0, 0.1) is 11.2 Å². The van der Waals surface area contributed by atoms with Crippen LogP contribution in [0.1, 0.15) is 18.3 Å². The Hall–Kier alpha value is -3.20. The summed E-state index contributed by atoms with van der Waals surface area (Å²) in [6.45, 7) is 5.13. The number of anilines is 1. The van der Waals surface area contributed by atoms with Crippen LogP contribution in [0.5, 0.6) is 0 Å². The summed E-state index contributed by atoms with van der Waals surface area (Å²) in [7, 11) is 0. The first-order valence-corrected chi connectivity index (χ1v) is 8.96. The molecule has 0 unspecified atom stereocenters. The molecule has 28 heavy (non-hydrogen) atoms. The van der Waals surface area contributed by atoms with Crippen molar-refractivity contribution in [3.63, 3.8) is 0 Å². The van der Waals surface area contributed by atoms with Gasteiger partial charge in [-0.15, -0.1) is 0 Å². The van der Waals surface area contributed by atoms with Crippen LogP contribution in [0.3, 0.4) is 0 Å². The summed E-state index contributed by atoms with van der Waals surface area (Å²) in [6, 6.07) is 6.49. The minimum atomic E-state index is -0.505. The predicted molar refractivity (Wildman–Crippen MR) is 108 cm³/mol. The number of amidine groups is 1. The lowest BCUT2D eigenvalue weighted by atomic mass is 10.0. The highest BCUT2D eigenvalue weighted by Crippen LogP contribution is 2.28. The number of nitrogens with one attached hydrogen (secondary N) is 2. The van der Waals surface area contributed by atoms with Crippen molar-refractivity contribution in [2.75, 3.05) is 31.9 Å². The number of H-pyrrole nitrogens is 1. The molecule has 148 valence electrons.